The average Bonchev–Trinajstić information content (AvgIpc) is 3.24. The lowest BCUT2D eigenvalue weighted by atomic mass is 10.1. The van der Waals surface area contributed by atoms with Crippen molar-refractivity contribution in [2.75, 3.05) is 12.4 Å². The van der Waals surface area contributed by atoms with Gasteiger partial charge in [-0.2, -0.15) is 5.10 Å². The van der Waals surface area contributed by atoms with E-state index in [9.17, 15) is 9.59 Å². The molecule has 1 aromatic heterocycles. The predicted octanol–water partition coefficient (Wildman–Crippen LogP) is 2.80. The van der Waals surface area contributed by atoms with Crippen LogP contribution >= 0.6 is 0 Å². The zero-order valence-corrected chi connectivity index (χ0v) is 16.2. The number of hydrogen-bond acceptors (Lipinski definition) is 5. The first kappa shape index (κ1) is 18.9. The Morgan fingerprint density at radius 3 is 2.74 bits per heavy atom. The number of amides is 1. The highest BCUT2D eigenvalue weighted by Crippen LogP contribution is 2.27. The molecule has 3 rings (SSSR count). The third kappa shape index (κ3) is 3.82. The smallest absolute Gasteiger partial charge is 0.360 e. The Balaban J connectivity index is 1.77. The van der Waals surface area contributed by atoms with Gasteiger partial charge in [0.1, 0.15) is 5.75 Å². The van der Waals surface area contributed by atoms with Crippen molar-refractivity contribution in [3.8, 4) is 5.75 Å². The number of carbonyl (C=O) groups is 2. The second-order valence-corrected chi connectivity index (χ2v) is 6.71. The standard InChI is InChI=1S/C20H25N3O4/c1-5-16(27-15-10-9-13-7-6-8-14(13)11-15)19(24)21-17-12(2)23(3)22-18(17)20(25)26-4/h9-11,16H,5-8H2,1-4H3,(H,21,24). The molecule has 0 saturated carbocycles. The van der Waals surface area contributed by atoms with Crippen LogP contribution in [0.4, 0.5) is 5.69 Å². The lowest BCUT2D eigenvalue weighted by Crippen LogP contribution is -2.33. The summed E-state index contributed by atoms with van der Waals surface area (Å²) in [5.74, 6) is -0.227. The summed E-state index contributed by atoms with van der Waals surface area (Å²) in [5, 5.41) is 6.92. The van der Waals surface area contributed by atoms with Gasteiger partial charge >= 0.3 is 5.97 Å². The van der Waals surface area contributed by atoms with Gasteiger partial charge in [-0.15, -0.1) is 0 Å². The molecule has 1 N–H and O–H groups in total. The number of esters is 1. The predicted molar refractivity (Wildman–Crippen MR) is 101 cm³/mol. The molecular formula is C20H25N3O4. The number of ether oxygens (including phenoxy) is 2. The van der Waals surface area contributed by atoms with Crippen LogP contribution in [0, 0.1) is 6.92 Å². The van der Waals surface area contributed by atoms with E-state index in [1.165, 1.54) is 22.9 Å². The van der Waals surface area contributed by atoms with Gasteiger partial charge in [-0.05, 0) is 55.9 Å². The SMILES string of the molecule is CCC(Oc1ccc2c(c1)CCC2)C(=O)Nc1c(C(=O)OC)nn(C)c1C. The fourth-order valence-electron chi connectivity index (χ4n) is 3.31. The largest absolute Gasteiger partial charge is 0.481 e. The van der Waals surface area contributed by atoms with Gasteiger partial charge in [-0.1, -0.05) is 13.0 Å². The van der Waals surface area contributed by atoms with Crippen molar-refractivity contribution in [2.45, 2.75) is 45.6 Å². The molecule has 144 valence electrons. The van der Waals surface area contributed by atoms with Gasteiger partial charge in [0.2, 0.25) is 0 Å². The number of aryl methyl sites for hydroxylation is 3. The Hall–Kier alpha value is -2.83. The number of benzene rings is 1. The molecule has 1 aliphatic rings. The Bertz CT molecular complexity index is 872. The van der Waals surface area contributed by atoms with Crippen molar-refractivity contribution in [2.24, 2.45) is 7.05 Å². The second-order valence-electron chi connectivity index (χ2n) is 6.71. The first-order valence-electron chi connectivity index (χ1n) is 9.15. The number of nitrogens with zero attached hydrogens (tertiary/aromatic N) is 2. The third-order valence-electron chi connectivity index (χ3n) is 4.97. The van der Waals surface area contributed by atoms with E-state index in [1.807, 2.05) is 19.1 Å². The summed E-state index contributed by atoms with van der Waals surface area (Å²) in [7, 11) is 2.99. The van der Waals surface area contributed by atoms with Gasteiger partial charge in [-0.3, -0.25) is 9.48 Å². The van der Waals surface area contributed by atoms with E-state index in [1.54, 1.807) is 14.0 Å². The maximum atomic E-state index is 12.8. The first-order chi connectivity index (χ1) is 12.9. The molecule has 0 saturated heterocycles. The Morgan fingerprint density at radius 1 is 1.30 bits per heavy atom. The van der Waals surface area contributed by atoms with Crippen molar-refractivity contribution >= 4 is 17.6 Å². The van der Waals surface area contributed by atoms with Crippen LogP contribution in [0.1, 0.15) is 47.1 Å². The molecule has 0 fully saturated rings. The molecule has 7 nitrogen and oxygen atoms in total. The van der Waals surface area contributed by atoms with E-state index >= 15 is 0 Å². The lowest BCUT2D eigenvalue weighted by Gasteiger charge is -2.18. The minimum absolute atomic E-state index is 0.0817. The van der Waals surface area contributed by atoms with Gasteiger partial charge < -0.3 is 14.8 Å². The summed E-state index contributed by atoms with van der Waals surface area (Å²) >= 11 is 0. The van der Waals surface area contributed by atoms with E-state index in [0.717, 1.165) is 19.3 Å². The highest BCUT2D eigenvalue weighted by Gasteiger charge is 2.26. The highest BCUT2D eigenvalue weighted by molar-refractivity contribution is 6.02. The molecule has 2 aromatic rings. The maximum absolute atomic E-state index is 12.8. The van der Waals surface area contributed by atoms with Crippen LogP contribution < -0.4 is 10.1 Å². The van der Waals surface area contributed by atoms with E-state index in [-0.39, 0.29) is 11.6 Å². The van der Waals surface area contributed by atoms with Gasteiger partial charge in [-0.25, -0.2) is 4.79 Å². The molecule has 27 heavy (non-hydrogen) atoms. The molecule has 7 heteroatoms. The minimum atomic E-state index is -0.672. The summed E-state index contributed by atoms with van der Waals surface area (Å²) in [6, 6.07) is 6.01. The van der Waals surface area contributed by atoms with E-state index in [4.69, 9.17) is 9.47 Å². The minimum Gasteiger partial charge on any atom is -0.481 e. The van der Waals surface area contributed by atoms with Gasteiger partial charge in [0.15, 0.2) is 11.8 Å². The van der Waals surface area contributed by atoms with Crippen LogP contribution in [0.2, 0.25) is 0 Å². The summed E-state index contributed by atoms with van der Waals surface area (Å²) in [4.78, 5) is 24.7. The molecule has 1 aromatic carbocycles. The fraction of sp³-hybridized carbons (Fsp3) is 0.450. The van der Waals surface area contributed by atoms with E-state index < -0.39 is 12.1 Å². The number of methoxy groups -OCH3 is 1. The number of hydrogen-bond donors (Lipinski definition) is 1. The Morgan fingerprint density at radius 2 is 2.04 bits per heavy atom. The first-order valence-corrected chi connectivity index (χ1v) is 9.15. The normalized spacial score (nSPS) is 13.8. The summed E-state index contributed by atoms with van der Waals surface area (Å²) < 4.78 is 12.2. The topological polar surface area (TPSA) is 82.4 Å². The lowest BCUT2D eigenvalue weighted by molar-refractivity contribution is -0.122. The number of rotatable bonds is 6. The molecular weight excluding hydrogens is 346 g/mol. The quantitative estimate of drug-likeness (QED) is 0.790. The molecule has 1 unspecified atom stereocenters. The Kier molecular flexibility index (Phi) is 5.48. The van der Waals surface area contributed by atoms with Gasteiger partial charge in [0.25, 0.3) is 5.91 Å². The molecule has 1 amide bonds. The molecule has 0 bridgehead atoms. The molecule has 0 aliphatic heterocycles. The van der Waals surface area contributed by atoms with Gasteiger partial charge in [0.05, 0.1) is 18.5 Å². The van der Waals surface area contributed by atoms with Gasteiger partial charge in [0, 0.05) is 7.05 Å². The van der Waals surface area contributed by atoms with Crippen LogP contribution in [-0.2, 0) is 29.4 Å². The molecule has 1 atom stereocenters. The van der Waals surface area contributed by atoms with Crippen LogP contribution in [0.25, 0.3) is 0 Å². The second kappa shape index (κ2) is 7.82. The number of carbonyl (C=O) groups excluding carboxylic acids is 2. The van der Waals surface area contributed by atoms with E-state index in [2.05, 4.69) is 16.5 Å². The number of aromatic nitrogens is 2. The van der Waals surface area contributed by atoms with Crippen LogP contribution in [0.15, 0.2) is 18.2 Å². The monoisotopic (exact) mass is 371 g/mol. The van der Waals surface area contributed by atoms with Crippen molar-refractivity contribution in [3.05, 3.63) is 40.7 Å². The van der Waals surface area contributed by atoms with Crippen molar-refractivity contribution in [3.63, 3.8) is 0 Å². The summed E-state index contributed by atoms with van der Waals surface area (Å²) in [6.45, 7) is 3.66. The van der Waals surface area contributed by atoms with Crippen molar-refractivity contribution in [1.82, 2.24) is 9.78 Å². The fourth-order valence-corrected chi connectivity index (χ4v) is 3.31. The van der Waals surface area contributed by atoms with Crippen LogP contribution in [-0.4, -0.2) is 34.9 Å². The molecule has 0 radical (unpaired) electrons. The van der Waals surface area contributed by atoms with Crippen molar-refractivity contribution in [1.29, 1.82) is 0 Å². The average molecular weight is 371 g/mol. The molecule has 1 heterocycles. The Labute approximate surface area is 158 Å². The van der Waals surface area contributed by atoms with Crippen molar-refractivity contribution < 1.29 is 19.1 Å². The molecule has 1 aliphatic carbocycles. The third-order valence-corrected chi connectivity index (χ3v) is 4.97. The van der Waals surface area contributed by atoms with Crippen LogP contribution in [0.5, 0.6) is 5.75 Å². The number of fused-ring (bicyclic) bond motifs is 1. The van der Waals surface area contributed by atoms with E-state index in [0.29, 0.717) is 23.6 Å². The molecule has 0 spiro atoms. The maximum Gasteiger partial charge on any atom is 0.360 e. The summed E-state index contributed by atoms with van der Waals surface area (Å²) in [6.07, 6.45) is 3.13. The van der Waals surface area contributed by atoms with Crippen LogP contribution in [0.3, 0.4) is 0 Å². The summed E-state index contributed by atoms with van der Waals surface area (Å²) in [5.41, 5.74) is 3.74. The highest BCUT2D eigenvalue weighted by atomic mass is 16.5. The number of nitrogens with one attached hydrogen (secondary N) is 1. The zero-order valence-electron chi connectivity index (χ0n) is 16.2. The zero-order chi connectivity index (χ0) is 19.6. The number of anilines is 1.